The van der Waals surface area contributed by atoms with Gasteiger partial charge in [0.15, 0.2) is 6.17 Å². The predicted octanol–water partition coefficient (Wildman–Crippen LogP) is 3.10. The van der Waals surface area contributed by atoms with Crippen LogP contribution in [0.1, 0.15) is 20.8 Å². The minimum atomic E-state index is 0.126. The lowest BCUT2D eigenvalue weighted by Gasteiger charge is -2.06. The molecule has 0 unspecified atom stereocenters. The number of aryl methyl sites for hydroxylation is 2. The highest BCUT2D eigenvalue weighted by atomic mass is 14.9. The largest absolute Gasteiger partial charge is 0.212 e. The number of rotatable bonds is 1. The van der Waals surface area contributed by atoms with Crippen LogP contribution in [0.25, 0.3) is 11.3 Å². The van der Waals surface area contributed by atoms with E-state index in [9.17, 15) is 0 Å². The smallest absolute Gasteiger partial charge is 0.201 e. The molecule has 82 valence electrons. The Bertz CT molecular complexity index is 634. The standard InChI is InChI=1S/C15H18N/c1-11-5-6-14(13(3)9-11)15-10-12(2)7-8-16(15)4/h5-10H,1-4H3/q+1/i7D,8D,10D. The lowest BCUT2D eigenvalue weighted by atomic mass is 10.0. The molecule has 0 saturated carbocycles. The molecule has 1 nitrogen and oxygen atoms in total. The van der Waals surface area contributed by atoms with Crippen molar-refractivity contribution in [2.24, 2.45) is 7.05 Å². The molecule has 0 aliphatic heterocycles. The number of benzene rings is 1. The van der Waals surface area contributed by atoms with Crippen LogP contribution in [0, 0.1) is 20.8 Å². The van der Waals surface area contributed by atoms with E-state index in [1.165, 1.54) is 5.56 Å². The maximum absolute atomic E-state index is 8.24. The molecule has 0 amide bonds. The molecule has 0 saturated heterocycles. The van der Waals surface area contributed by atoms with Gasteiger partial charge in [0.05, 0.1) is 2.74 Å². The Morgan fingerprint density at radius 1 is 1.12 bits per heavy atom. The van der Waals surface area contributed by atoms with E-state index in [4.69, 9.17) is 4.11 Å². The maximum atomic E-state index is 8.24. The molecule has 0 aliphatic rings. The first-order valence-corrected chi connectivity index (χ1v) is 5.38. The van der Waals surface area contributed by atoms with Crippen molar-refractivity contribution in [3.63, 3.8) is 0 Å². The average Bonchev–Trinajstić information content (AvgIpc) is 2.37. The summed E-state index contributed by atoms with van der Waals surface area (Å²) in [5.74, 6) is 0. The van der Waals surface area contributed by atoms with Crippen molar-refractivity contribution in [3.05, 3.63) is 53.1 Å². The summed E-state index contributed by atoms with van der Waals surface area (Å²) in [5.41, 5.74) is 4.47. The average molecular weight is 215 g/mol. The second-order valence-electron chi connectivity index (χ2n) is 4.21. The van der Waals surface area contributed by atoms with E-state index in [0.29, 0.717) is 17.3 Å². The first-order valence-electron chi connectivity index (χ1n) is 6.88. The van der Waals surface area contributed by atoms with Crippen molar-refractivity contribution in [1.82, 2.24) is 0 Å². The van der Waals surface area contributed by atoms with Crippen molar-refractivity contribution in [2.75, 3.05) is 0 Å². The minimum absolute atomic E-state index is 0.126. The predicted molar refractivity (Wildman–Crippen MR) is 67.3 cm³/mol. The van der Waals surface area contributed by atoms with Crippen LogP contribution in [0.3, 0.4) is 0 Å². The van der Waals surface area contributed by atoms with E-state index in [2.05, 4.69) is 6.07 Å². The summed E-state index contributed by atoms with van der Waals surface area (Å²) in [6.07, 6.45) is 0.142. The highest BCUT2D eigenvalue weighted by Crippen LogP contribution is 2.21. The van der Waals surface area contributed by atoms with E-state index in [-0.39, 0.29) is 12.2 Å². The van der Waals surface area contributed by atoms with Crippen LogP contribution in [-0.2, 0) is 7.05 Å². The van der Waals surface area contributed by atoms with E-state index in [1.54, 1.807) is 18.5 Å². The number of pyridine rings is 1. The van der Waals surface area contributed by atoms with Gasteiger partial charge in [-0.15, -0.1) is 0 Å². The van der Waals surface area contributed by atoms with Gasteiger partial charge in [-0.05, 0) is 38.0 Å². The third kappa shape index (κ3) is 1.99. The molecule has 0 bridgehead atoms. The fourth-order valence-corrected chi connectivity index (χ4v) is 1.84. The lowest BCUT2D eigenvalue weighted by Crippen LogP contribution is -2.30. The van der Waals surface area contributed by atoms with E-state index >= 15 is 0 Å². The molecular formula is C15H18N+. The second-order valence-corrected chi connectivity index (χ2v) is 4.21. The highest BCUT2D eigenvalue weighted by Gasteiger charge is 2.11. The summed E-state index contributed by atoms with van der Waals surface area (Å²) in [6, 6.07) is 6.52. The quantitative estimate of drug-likeness (QED) is 0.644. The van der Waals surface area contributed by atoms with Crippen LogP contribution in [0.15, 0.2) is 36.5 Å². The van der Waals surface area contributed by atoms with Crippen LogP contribution in [0.2, 0.25) is 0 Å². The zero-order valence-electron chi connectivity index (χ0n) is 13.2. The van der Waals surface area contributed by atoms with Gasteiger partial charge in [-0.25, -0.2) is 4.57 Å². The summed E-state index contributed by atoms with van der Waals surface area (Å²) in [4.78, 5) is 0. The number of hydrogen-bond acceptors (Lipinski definition) is 0. The molecule has 1 heteroatoms. The van der Waals surface area contributed by atoms with Gasteiger partial charge in [0.2, 0.25) is 5.69 Å². The molecular weight excluding hydrogens is 194 g/mol. The normalized spacial score (nSPS) is 13.1. The van der Waals surface area contributed by atoms with E-state index in [0.717, 1.165) is 11.1 Å². The highest BCUT2D eigenvalue weighted by molar-refractivity contribution is 5.61. The molecule has 16 heavy (non-hydrogen) atoms. The molecule has 1 aromatic heterocycles. The summed E-state index contributed by atoms with van der Waals surface area (Å²) in [6.45, 7) is 5.78. The van der Waals surface area contributed by atoms with E-state index < -0.39 is 0 Å². The zero-order valence-corrected chi connectivity index (χ0v) is 10.2. The second kappa shape index (κ2) is 4.09. The fourth-order valence-electron chi connectivity index (χ4n) is 1.84. The van der Waals surface area contributed by atoms with Gasteiger partial charge >= 0.3 is 0 Å². The summed E-state index contributed by atoms with van der Waals surface area (Å²) in [7, 11) is 1.74. The first-order chi connectivity index (χ1) is 8.84. The molecule has 0 spiro atoms. The van der Waals surface area contributed by atoms with Crippen molar-refractivity contribution in [3.8, 4) is 11.3 Å². The Balaban J connectivity index is 2.83. The van der Waals surface area contributed by atoms with Gasteiger partial charge in [-0.1, -0.05) is 17.7 Å². The van der Waals surface area contributed by atoms with Crippen molar-refractivity contribution in [2.45, 2.75) is 20.8 Å². The van der Waals surface area contributed by atoms with Gasteiger partial charge in [-0.2, -0.15) is 0 Å². The monoisotopic (exact) mass is 215 g/mol. The molecule has 1 heterocycles. The molecule has 0 fully saturated rings. The molecule has 0 radical (unpaired) electrons. The maximum Gasteiger partial charge on any atom is 0.212 e. The fraction of sp³-hybridized carbons (Fsp3) is 0.267. The van der Waals surface area contributed by atoms with Crippen LogP contribution >= 0.6 is 0 Å². The van der Waals surface area contributed by atoms with Gasteiger partial charge in [-0.3, -0.25) is 0 Å². The molecule has 2 rings (SSSR count). The van der Waals surface area contributed by atoms with Crippen molar-refractivity contribution >= 4 is 0 Å². The molecule has 0 aliphatic carbocycles. The molecule has 1 aromatic carbocycles. The summed E-state index contributed by atoms with van der Waals surface area (Å²) in [5, 5.41) is 0. The van der Waals surface area contributed by atoms with Gasteiger partial charge in [0.1, 0.15) is 8.42 Å². The zero-order chi connectivity index (χ0) is 14.3. The molecule has 2 aromatic rings. The first kappa shape index (κ1) is 7.61. The number of hydrogen-bond donors (Lipinski definition) is 0. The molecule has 0 N–H and O–H groups in total. The van der Waals surface area contributed by atoms with Crippen LogP contribution in [-0.4, -0.2) is 0 Å². The van der Waals surface area contributed by atoms with E-state index in [1.807, 2.05) is 26.0 Å². The van der Waals surface area contributed by atoms with Crippen LogP contribution in [0.4, 0.5) is 0 Å². The van der Waals surface area contributed by atoms with Crippen molar-refractivity contribution < 1.29 is 8.68 Å². The summed E-state index contributed by atoms with van der Waals surface area (Å²) >= 11 is 0. The Hall–Kier alpha value is -1.63. The van der Waals surface area contributed by atoms with Gasteiger partial charge in [0, 0.05) is 17.6 Å². The Labute approximate surface area is 102 Å². The number of nitrogens with zero attached hydrogens (tertiary/aromatic N) is 1. The van der Waals surface area contributed by atoms with Crippen molar-refractivity contribution in [1.29, 1.82) is 0 Å². The Kier molecular flexibility index (Phi) is 1.95. The third-order valence-electron chi connectivity index (χ3n) is 2.69. The minimum Gasteiger partial charge on any atom is -0.201 e. The molecule has 0 atom stereocenters. The number of aromatic nitrogens is 1. The van der Waals surface area contributed by atoms with Crippen LogP contribution < -0.4 is 4.57 Å². The Morgan fingerprint density at radius 3 is 2.56 bits per heavy atom. The van der Waals surface area contributed by atoms with Gasteiger partial charge in [0.25, 0.3) is 0 Å². The summed E-state index contributed by atoms with van der Waals surface area (Å²) < 4.78 is 25.7. The van der Waals surface area contributed by atoms with Gasteiger partial charge < -0.3 is 0 Å². The Morgan fingerprint density at radius 2 is 1.88 bits per heavy atom. The van der Waals surface area contributed by atoms with Crippen LogP contribution in [0.5, 0.6) is 0 Å². The lowest BCUT2D eigenvalue weighted by molar-refractivity contribution is -0.660. The topological polar surface area (TPSA) is 3.88 Å². The SMILES string of the molecule is [2H]c1c(C)c([2H])c(-c2ccc(C)cc2C)[n+](C)c1[2H]. The third-order valence-corrected chi connectivity index (χ3v) is 2.69.